The summed E-state index contributed by atoms with van der Waals surface area (Å²) in [6.45, 7) is 0.0758. The monoisotopic (exact) mass is 314 g/mol. The second-order valence-electron chi connectivity index (χ2n) is 3.98. The molecule has 0 aliphatic carbocycles. The number of hydrogen-bond acceptors (Lipinski definition) is 3. The zero-order valence-electron chi connectivity index (χ0n) is 10.1. The molecule has 2 aromatic carbocycles. The van der Waals surface area contributed by atoms with Crippen LogP contribution < -0.4 is 5.32 Å². The van der Waals surface area contributed by atoms with E-state index in [4.69, 9.17) is 23.2 Å². The highest BCUT2D eigenvalue weighted by Crippen LogP contribution is 2.28. The summed E-state index contributed by atoms with van der Waals surface area (Å²) in [6.07, 6.45) is 0. The molecule has 0 unspecified atom stereocenters. The molecule has 2 rings (SSSR count). The molecule has 4 nitrogen and oxygen atoms in total. The number of nitrogens with zero attached hydrogens (tertiary/aromatic N) is 1. The number of halogens is 3. The Morgan fingerprint density at radius 1 is 1.20 bits per heavy atom. The standard InChI is InChI=1S/C13H9Cl2FN2O2/c14-10-2-1-3-12(16)9(10)7-17-13-6-8(18(19)20)4-5-11(13)15/h1-6,17H,7H2. The molecular weight excluding hydrogens is 306 g/mol. The van der Waals surface area contributed by atoms with Gasteiger partial charge in [-0.1, -0.05) is 29.3 Å². The van der Waals surface area contributed by atoms with Crippen LogP contribution in [-0.4, -0.2) is 4.92 Å². The zero-order chi connectivity index (χ0) is 14.7. The molecule has 0 spiro atoms. The third-order valence-electron chi connectivity index (χ3n) is 2.68. The molecule has 7 heteroatoms. The Morgan fingerprint density at radius 3 is 2.60 bits per heavy atom. The molecule has 0 saturated carbocycles. The maximum Gasteiger partial charge on any atom is 0.271 e. The minimum absolute atomic E-state index is 0.0758. The van der Waals surface area contributed by atoms with Gasteiger partial charge in [-0.3, -0.25) is 10.1 Å². The fourth-order valence-corrected chi connectivity index (χ4v) is 2.06. The van der Waals surface area contributed by atoms with Crippen molar-refractivity contribution in [1.29, 1.82) is 0 Å². The molecule has 0 heterocycles. The molecule has 0 bridgehead atoms. The van der Waals surface area contributed by atoms with Gasteiger partial charge in [0.15, 0.2) is 0 Å². The molecule has 0 fully saturated rings. The number of anilines is 1. The maximum atomic E-state index is 13.6. The van der Waals surface area contributed by atoms with Crippen molar-refractivity contribution >= 4 is 34.6 Å². The normalized spacial score (nSPS) is 10.3. The van der Waals surface area contributed by atoms with E-state index in [1.165, 1.54) is 30.3 Å². The molecule has 1 N–H and O–H groups in total. The van der Waals surface area contributed by atoms with E-state index in [1.807, 2.05) is 0 Å². The summed E-state index contributed by atoms with van der Waals surface area (Å²) in [7, 11) is 0. The van der Waals surface area contributed by atoms with Crippen molar-refractivity contribution in [3.05, 3.63) is 67.9 Å². The topological polar surface area (TPSA) is 55.2 Å². The second-order valence-corrected chi connectivity index (χ2v) is 4.79. The number of nitro groups is 1. The lowest BCUT2D eigenvalue weighted by atomic mass is 10.2. The molecule has 0 atom stereocenters. The second kappa shape index (κ2) is 6.07. The number of hydrogen-bond donors (Lipinski definition) is 1. The Kier molecular flexibility index (Phi) is 4.42. The van der Waals surface area contributed by atoms with Crippen molar-refractivity contribution in [2.75, 3.05) is 5.32 Å². The summed E-state index contributed by atoms with van der Waals surface area (Å²) in [6, 6.07) is 8.35. The van der Waals surface area contributed by atoms with Gasteiger partial charge in [0, 0.05) is 29.3 Å². The van der Waals surface area contributed by atoms with E-state index in [1.54, 1.807) is 6.07 Å². The fourth-order valence-electron chi connectivity index (χ4n) is 1.65. The van der Waals surface area contributed by atoms with Crippen LogP contribution in [0.5, 0.6) is 0 Å². The molecule has 0 radical (unpaired) electrons. The van der Waals surface area contributed by atoms with Crippen LogP contribution in [0.4, 0.5) is 15.8 Å². The molecule has 20 heavy (non-hydrogen) atoms. The largest absolute Gasteiger partial charge is 0.379 e. The van der Waals surface area contributed by atoms with E-state index in [9.17, 15) is 14.5 Å². The molecule has 2 aromatic rings. The van der Waals surface area contributed by atoms with E-state index in [0.29, 0.717) is 10.7 Å². The Morgan fingerprint density at radius 2 is 1.95 bits per heavy atom. The zero-order valence-corrected chi connectivity index (χ0v) is 11.6. The van der Waals surface area contributed by atoms with Gasteiger partial charge in [-0.05, 0) is 18.2 Å². The predicted molar refractivity (Wildman–Crippen MR) is 76.8 cm³/mol. The molecule has 0 aromatic heterocycles. The quantitative estimate of drug-likeness (QED) is 0.660. The van der Waals surface area contributed by atoms with Crippen LogP contribution in [0.2, 0.25) is 10.0 Å². The lowest BCUT2D eigenvalue weighted by Crippen LogP contribution is -2.03. The van der Waals surface area contributed by atoms with Gasteiger partial charge in [-0.2, -0.15) is 0 Å². The number of benzene rings is 2. The third-order valence-corrected chi connectivity index (χ3v) is 3.36. The minimum Gasteiger partial charge on any atom is -0.379 e. The Hall–Kier alpha value is -1.85. The summed E-state index contributed by atoms with van der Waals surface area (Å²) in [5.41, 5.74) is 0.522. The average Bonchev–Trinajstić information content (AvgIpc) is 2.39. The SMILES string of the molecule is O=[N+]([O-])c1ccc(Cl)c(NCc2c(F)cccc2Cl)c1. The summed E-state index contributed by atoms with van der Waals surface area (Å²) in [5, 5.41) is 14.1. The van der Waals surface area contributed by atoms with Gasteiger partial charge in [0.05, 0.1) is 15.6 Å². The van der Waals surface area contributed by atoms with Crippen molar-refractivity contribution in [2.45, 2.75) is 6.54 Å². The van der Waals surface area contributed by atoms with E-state index < -0.39 is 10.7 Å². The number of nitrogens with one attached hydrogen (secondary N) is 1. The molecule has 0 aliphatic heterocycles. The maximum absolute atomic E-state index is 13.6. The molecule has 0 saturated heterocycles. The summed E-state index contributed by atoms with van der Waals surface area (Å²) < 4.78 is 13.6. The van der Waals surface area contributed by atoms with E-state index in [-0.39, 0.29) is 22.8 Å². The van der Waals surface area contributed by atoms with E-state index in [2.05, 4.69) is 5.32 Å². The molecule has 0 amide bonds. The van der Waals surface area contributed by atoms with Crippen LogP contribution >= 0.6 is 23.2 Å². The van der Waals surface area contributed by atoms with Crippen LogP contribution in [0.3, 0.4) is 0 Å². The van der Waals surface area contributed by atoms with Gasteiger partial charge in [0.25, 0.3) is 5.69 Å². The van der Waals surface area contributed by atoms with Crippen molar-refractivity contribution in [2.24, 2.45) is 0 Å². The number of nitro benzene ring substituents is 1. The van der Waals surface area contributed by atoms with Crippen molar-refractivity contribution < 1.29 is 9.31 Å². The number of rotatable bonds is 4. The first-order valence-corrected chi connectivity index (χ1v) is 6.35. The highest BCUT2D eigenvalue weighted by molar-refractivity contribution is 6.33. The Balaban J connectivity index is 2.23. The van der Waals surface area contributed by atoms with E-state index in [0.717, 1.165) is 0 Å². The van der Waals surface area contributed by atoms with Crippen LogP contribution in [0.25, 0.3) is 0 Å². The summed E-state index contributed by atoms with van der Waals surface area (Å²) in [4.78, 5) is 10.2. The Bertz CT molecular complexity index is 645. The van der Waals surface area contributed by atoms with Crippen molar-refractivity contribution in [1.82, 2.24) is 0 Å². The lowest BCUT2D eigenvalue weighted by molar-refractivity contribution is -0.384. The molecular formula is C13H9Cl2FN2O2. The number of non-ortho nitro benzene ring substituents is 1. The average molecular weight is 315 g/mol. The smallest absolute Gasteiger partial charge is 0.271 e. The van der Waals surface area contributed by atoms with Gasteiger partial charge in [0.1, 0.15) is 5.82 Å². The van der Waals surface area contributed by atoms with Gasteiger partial charge in [-0.15, -0.1) is 0 Å². The lowest BCUT2D eigenvalue weighted by Gasteiger charge is -2.10. The van der Waals surface area contributed by atoms with Crippen LogP contribution in [0.1, 0.15) is 5.56 Å². The first kappa shape index (κ1) is 14.6. The molecule has 0 aliphatic rings. The van der Waals surface area contributed by atoms with Crippen LogP contribution in [0, 0.1) is 15.9 Å². The predicted octanol–water partition coefficient (Wildman–Crippen LogP) is 4.65. The highest BCUT2D eigenvalue weighted by atomic mass is 35.5. The molecule has 104 valence electrons. The third kappa shape index (κ3) is 3.18. The highest BCUT2D eigenvalue weighted by Gasteiger charge is 2.11. The summed E-state index contributed by atoms with van der Waals surface area (Å²) in [5.74, 6) is -0.452. The fraction of sp³-hybridized carbons (Fsp3) is 0.0769. The minimum atomic E-state index is -0.530. The van der Waals surface area contributed by atoms with Crippen molar-refractivity contribution in [3.8, 4) is 0 Å². The van der Waals surface area contributed by atoms with Gasteiger partial charge < -0.3 is 5.32 Å². The first-order chi connectivity index (χ1) is 9.49. The van der Waals surface area contributed by atoms with Gasteiger partial charge in [0.2, 0.25) is 0 Å². The van der Waals surface area contributed by atoms with Crippen LogP contribution in [-0.2, 0) is 6.54 Å². The first-order valence-electron chi connectivity index (χ1n) is 5.59. The Labute approximate surface area is 124 Å². The van der Waals surface area contributed by atoms with Gasteiger partial charge in [-0.25, -0.2) is 4.39 Å². The van der Waals surface area contributed by atoms with Crippen molar-refractivity contribution in [3.63, 3.8) is 0 Å². The van der Waals surface area contributed by atoms with E-state index >= 15 is 0 Å². The van der Waals surface area contributed by atoms with Crippen LogP contribution in [0.15, 0.2) is 36.4 Å². The van der Waals surface area contributed by atoms with Gasteiger partial charge >= 0.3 is 0 Å². The summed E-state index contributed by atoms with van der Waals surface area (Å²) >= 11 is 11.8.